The summed E-state index contributed by atoms with van der Waals surface area (Å²) in [5, 5.41) is 0. The van der Waals surface area contributed by atoms with Crippen LogP contribution in [-0.2, 0) is 11.8 Å². The van der Waals surface area contributed by atoms with Gasteiger partial charge in [-0.15, -0.1) is 0 Å². The molecule has 0 radical (unpaired) electrons. The average molecular weight is 376 g/mol. The van der Waals surface area contributed by atoms with E-state index in [1.807, 2.05) is 6.07 Å². The molecule has 2 fully saturated rings. The van der Waals surface area contributed by atoms with Crippen LogP contribution in [-0.4, -0.2) is 9.79 Å². The molecule has 0 saturated heterocycles. The third kappa shape index (κ3) is 2.58. The van der Waals surface area contributed by atoms with E-state index < -0.39 is 8.60 Å². The van der Waals surface area contributed by atoms with Gasteiger partial charge in [0.2, 0.25) is 0 Å². The molecular weight excluding hydrogens is 343 g/mol. The Morgan fingerprint density at radius 2 is 1.77 bits per heavy atom. The fraction of sp³-hybridized carbons (Fsp3) is 0.727. The van der Waals surface area contributed by atoms with Crippen LogP contribution < -0.4 is 4.52 Å². The molecular formula is C22H33O3P. The Morgan fingerprint density at radius 1 is 1.04 bits per heavy atom. The molecule has 0 bridgehead atoms. The zero-order valence-electron chi connectivity index (χ0n) is 16.8. The Bertz CT molecular complexity index is 728. The summed E-state index contributed by atoms with van der Waals surface area (Å²) < 4.78 is 5.25. The minimum atomic E-state index is -2.36. The normalized spacial score (nSPS) is 37.8. The summed E-state index contributed by atoms with van der Waals surface area (Å²) in [6, 6.07) is 4.06. The van der Waals surface area contributed by atoms with Gasteiger partial charge < -0.3 is 14.3 Å². The number of benzene rings is 1. The maximum atomic E-state index is 9.25. The van der Waals surface area contributed by atoms with Gasteiger partial charge in [-0.2, -0.15) is 0 Å². The molecule has 0 aromatic heterocycles. The summed E-state index contributed by atoms with van der Waals surface area (Å²) in [5.74, 6) is 2.07. The van der Waals surface area contributed by atoms with Gasteiger partial charge in [0.15, 0.2) is 0 Å². The highest BCUT2D eigenvalue weighted by Gasteiger charge is 2.61. The quantitative estimate of drug-likeness (QED) is 0.657. The van der Waals surface area contributed by atoms with E-state index in [9.17, 15) is 9.79 Å². The van der Waals surface area contributed by atoms with Crippen LogP contribution in [0.5, 0.6) is 5.75 Å². The molecule has 4 atom stereocenters. The number of hydrogen-bond acceptors (Lipinski definition) is 3. The predicted octanol–water partition coefficient (Wildman–Crippen LogP) is 5.64. The fourth-order valence-corrected chi connectivity index (χ4v) is 7.87. The van der Waals surface area contributed by atoms with Crippen LogP contribution in [0.4, 0.5) is 0 Å². The number of rotatable bonds is 2. The second-order valence-electron chi connectivity index (χ2n) is 10.2. The molecule has 2 N–H and O–H groups in total. The van der Waals surface area contributed by atoms with Crippen molar-refractivity contribution in [2.24, 2.45) is 22.7 Å². The SMILES string of the molecule is Cc1cc(OP(O)O)cc2c1C1(C)CCC3C(C)(C)CCCC3(C)C1C2. The molecule has 3 aliphatic carbocycles. The smallest absolute Gasteiger partial charge is 0.391 e. The molecule has 0 spiro atoms. The van der Waals surface area contributed by atoms with Crippen molar-refractivity contribution in [2.45, 2.75) is 78.6 Å². The molecule has 4 heteroatoms. The number of aryl methyl sites for hydroxylation is 1. The fourth-order valence-electron chi connectivity index (χ4n) is 7.58. The molecule has 0 heterocycles. The van der Waals surface area contributed by atoms with Crippen molar-refractivity contribution in [1.82, 2.24) is 0 Å². The molecule has 0 amide bonds. The Labute approximate surface area is 159 Å². The Morgan fingerprint density at radius 3 is 2.46 bits per heavy atom. The molecule has 3 nitrogen and oxygen atoms in total. The average Bonchev–Trinajstić information content (AvgIpc) is 2.80. The zero-order valence-corrected chi connectivity index (χ0v) is 17.7. The zero-order chi connectivity index (χ0) is 18.9. The van der Waals surface area contributed by atoms with Gasteiger partial charge in [0.05, 0.1) is 0 Å². The van der Waals surface area contributed by atoms with E-state index in [1.165, 1.54) is 48.8 Å². The van der Waals surface area contributed by atoms with Gasteiger partial charge in [0.25, 0.3) is 0 Å². The Balaban J connectivity index is 1.77. The largest absolute Gasteiger partial charge is 0.427 e. The van der Waals surface area contributed by atoms with Crippen molar-refractivity contribution in [3.8, 4) is 5.75 Å². The third-order valence-electron chi connectivity index (χ3n) is 8.37. The van der Waals surface area contributed by atoms with Crippen LogP contribution >= 0.6 is 8.60 Å². The molecule has 0 aliphatic heterocycles. The van der Waals surface area contributed by atoms with Crippen LogP contribution in [0.15, 0.2) is 12.1 Å². The van der Waals surface area contributed by atoms with Crippen molar-refractivity contribution in [3.05, 3.63) is 28.8 Å². The monoisotopic (exact) mass is 376 g/mol. The molecule has 3 aliphatic rings. The first kappa shape index (κ1) is 18.7. The second-order valence-corrected chi connectivity index (χ2v) is 10.9. The van der Waals surface area contributed by atoms with Crippen LogP contribution in [0.3, 0.4) is 0 Å². The first-order valence-corrected chi connectivity index (χ1v) is 11.2. The van der Waals surface area contributed by atoms with E-state index in [0.717, 1.165) is 12.3 Å². The lowest BCUT2D eigenvalue weighted by molar-refractivity contribution is -0.0983. The van der Waals surface area contributed by atoms with Crippen LogP contribution in [0.2, 0.25) is 0 Å². The number of fused-ring (bicyclic) bond motifs is 5. The Kier molecular flexibility index (Phi) is 4.27. The summed E-state index contributed by atoms with van der Waals surface area (Å²) >= 11 is 0. The third-order valence-corrected chi connectivity index (χ3v) is 8.74. The predicted molar refractivity (Wildman–Crippen MR) is 106 cm³/mol. The molecule has 1 aromatic rings. The highest BCUT2D eigenvalue weighted by molar-refractivity contribution is 7.39. The number of hydrogen-bond donors (Lipinski definition) is 2. The molecule has 4 rings (SSSR count). The second kappa shape index (κ2) is 5.93. The van der Waals surface area contributed by atoms with E-state index >= 15 is 0 Å². The van der Waals surface area contributed by atoms with Gasteiger partial charge in [0.1, 0.15) is 5.75 Å². The lowest BCUT2D eigenvalue weighted by Gasteiger charge is -2.61. The van der Waals surface area contributed by atoms with Crippen molar-refractivity contribution in [3.63, 3.8) is 0 Å². The van der Waals surface area contributed by atoms with Crippen molar-refractivity contribution in [2.75, 3.05) is 0 Å². The van der Waals surface area contributed by atoms with Crippen molar-refractivity contribution < 1.29 is 14.3 Å². The molecule has 2 saturated carbocycles. The van der Waals surface area contributed by atoms with Crippen molar-refractivity contribution >= 4 is 8.60 Å². The van der Waals surface area contributed by atoms with E-state index in [4.69, 9.17) is 4.52 Å². The van der Waals surface area contributed by atoms with Gasteiger partial charge in [-0.05, 0) is 95.9 Å². The van der Waals surface area contributed by atoms with Gasteiger partial charge >= 0.3 is 8.60 Å². The summed E-state index contributed by atoms with van der Waals surface area (Å²) in [4.78, 5) is 18.5. The van der Waals surface area contributed by atoms with Gasteiger partial charge in [-0.3, -0.25) is 0 Å². The first-order chi connectivity index (χ1) is 12.1. The summed E-state index contributed by atoms with van der Waals surface area (Å²) in [5.41, 5.74) is 5.20. The lowest BCUT2D eigenvalue weighted by atomic mass is 9.43. The van der Waals surface area contributed by atoms with Crippen LogP contribution in [0, 0.1) is 29.6 Å². The van der Waals surface area contributed by atoms with E-state index in [-0.39, 0.29) is 5.41 Å². The van der Waals surface area contributed by atoms with Crippen molar-refractivity contribution in [1.29, 1.82) is 0 Å². The topological polar surface area (TPSA) is 49.7 Å². The summed E-state index contributed by atoms with van der Waals surface area (Å²) in [6.07, 6.45) is 7.74. The molecule has 1 aromatic carbocycles. The highest BCUT2D eigenvalue weighted by atomic mass is 31.2. The van der Waals surface area contributed by atoms with Gasteiger partial charge in [-0.1, -0.05) is 34.1 Å². The van der Waals surface area contributed by atoms with Gasteiger partial charge in [0, 0.05) is 0 Å². The van der Waals surface area contributed by atoms with Gasteiger partial charge in [-0.25, -0.2) is 0 Å². The van der Waals surface area contributed by atoms with E-state index in [0.29, 0.717) is 22.5 Å². The maximum absolute atomic E-state index is 9.25. The minimum Gasteiger partial charge on any atom is -0.427 e. The van der Waals surface area contributed by atoms with Crippen LogP contribution in [0.1, 0.15) is 76.5 Å². The molecule has 4 unspecified atom stereocenters. The van der Waals surface area contributed by atoms with Crippen LogP contribution in [0.25, 0.3) is 0 Å². The first-order valence-electron chi connectivity index (χ1n) is 10.1. The standard InChI is InChI=1S/C22H33O3P/c1-14-11-16(25-26(23)24)12-15-13-18-21(4)9-6-8-20(2,3)17(21)7-10-22(18,5)19(14)15/h11-12,17-18,23-24H,6-10,13H2,1-5H3. The van der Waals surface area contributed by atoms with E-state index in [1.54, 1.807) is 0 Å². The molecule has 26 heavy (non-hydrogen) atoms. The Hall–Kier alpha value is -0.630. The molecule has 144 valence electrons. The highest BCUT2D eigenvalue weighted by Crippen LogP contribution is 2.68. The minimum absolute atomic E-state index is 0.236. The summed E-state index contributed by atoms with van der Waals surface area (Å²) in [6.45, 7) is 12.2. The lowest BCUT2D eigenvalue weighted by Crippen LogP contribution is -2.55. The summed E-state index contributed by atoms with van der Waals surface area (Å²) in [7, 11) is -2.36. The van der Waals surface area contributed by atoms with E-state index in [2.05, 4.69) is 40.7 Å². The maximum Gasteiger partial charge on any atom is 0.391 e.